The molecule has 1 atom stereocenters. The van der Waals surface area contributed by atoms with Gasteiger partial charge in [0.05, 0.1) is 0 Å². The van der Waals surface area contributed by atoms with Crippen molar-refractivity contribution >= 4 is 0 Å². The van der Waals surface area contributed by atoms with Crippen LogP contribution in [0.2, 0.25) is 0 Å². The molecule has 1 aliphatic carbocycles. The lowest BCUT2D eigenvalue weighted by atomic mass is 9.82. The van der Waals surface area contributed by atoms with Crippen molar-refractivity contribution in [2.75, 3.05) is 0 Å². The smallest absolute Gasteiger partial charge is 0.126 e. The Hall–Kier alpha value is -1.67. The summed E-state index contributed by atoms with van der Waals surface area (Å²) < 4.78 is 13.9. The maximum Gasteiger partial charge on any atom is 0.126 e. The Kier molecular flexibility index (Phi) is 3.81. The van der Waals surface area contributed by atoms with Gasteiger partial charge in [0.15, 0.2) is 0 Å². The van der Waals surface area contributed by atoms with E-state index in [0.29, 0.717) is 12.0 Å². The average molecular weight is 283 g/mol. The van der Waals surface area contributed by atoms with E-state index in [0.717, 1.165) is 12.0 Å². The summed E-state index contributed by atoms with van der Waals surface area (Å²) >= 11 is 0. The van der Waals surface area contributed by atoms with Crippen molar-refractivity contribution in [3.05, 3.63) is 70.5 Å². The van der Waals surface area contributed by atoms with Crippen LogP contribution in [0.5, 0.6) is 0 Å². The molecule has 0 fully saturated rings. The fraction of sp³-hybridized carbons (Fsp3) is 0.368. The van der Waals surface area contributed by atoms with E-state index in [9.17, 15) is 4.39 Å². The molecule has 0 radical (unpaired) electrons. The van der Waals surface area contributed by atoms with E-state index in [1.807, 2.05) is 19.1 Å². The number of fused-ring (bicyclic) bond motifs is 1. The second-order valence-electron chi connectivity index (χ2n) is 6.38. The van der Waals surface area contributed by atoms with Gasteiger partial charge >= 0.3 is 0 Å². The minimum absolute atomic E-state index is 0.174. The van der Waals surface area contributed by atoms with Crippen LogP contribution in [0.3, 0.4) is 0 Å². The molecule has 1 aliphatic rings. The van der Waals surface area contributed by atoms with Gasteiger partial charge in [-0.15, -0.1) is 0 Å². The first-order valence-corrected chi connectivity index (χ1v) is 7.71. The van der Waals surface area contributed by atoms with Gasteiger partial charge in [0.25, 0.3) is 0 Å². The summed E-state index contributed by atoms with van der Waals surface area (Å²) in [5.74, 6) is -0.174. The lowest BCUT2D eigenvalue weighted by Gasteiger charge is -2.28. The largest absolute Gasteiger partial charge is 0.321 e. The van der Waals surface area contributed by atoms with Crippen LogP contribution in [0.4, 0.5) is 4.39 Å². The fourth-order valence-electron chi connectivity index (χ4n) is 3.23. The van der Waals surface area contributed by atoms with Crippen LogP contribution in [-0.4, -0.2) is 0 Å². The van der Waals surface area contributed by atoms with Crippen molar-refractivity contribution < 1.29 is 4.39 Å². The van der Waals surface area contributed by atoms with Crippen molar-refractivity contribution in [3.8, 4) is 0 Å². The van der Waals surface area contributed by atoms with E-state index in [-0.39, 0.29) is 5.82 Å². The van der Waals surface area contributed by atoms with E-state index in [2.05, 4.69) is 18.2 Å². The molecule has 2 aromatic carbocycles. The zero-order chi connectivity index (χ0) is 14.9. The van der Waals surface area contributed by atoms with Crippen LogP contribution < -0.4 is 5.73 Å². The van der Waals surface area contributed by atoms with Crippen LogP contribution in [0.25, 0.3) is 0 Å². The Labute approximate surface area is 126 Å². The molecule has 2 heteroatoms. The lowest BCUT2D eigenvalue weighted by Crippen LogP contribution is -2.36. The van der Waals surface area contributed by atoms with Gasteiger partial charge in [0.1, 0.15) is 5.82 Å². The molecule has 0 aliphatic heterocycles. The van der Waals surface area contributed by atoms with Gasteiger partial charge in [-0.1, -0.05) is 36.4 Å². The highest BCUT2D eigenvalue weighted by atomic mass is 19.1. The van der Waals surface area contributed by atoms with Crippen LogP contribution in [0, 0.1) is 5.82 Å². The van der Waals surface area contributed by atoms with Gasteiger partial charge in [-0.05, 0) is 67.3 Å². The maximum atomic E-state index is 13.9. The summed E-state index contributed by atoms with van der Waals surface area (Å²) in [6, 6.07) is 13.4. The summed E-state index contributed by atoms with van der Waals surface area (Å²) in [5.41, 5.74) is 10.6. The van der Waals surface area contributed by atoms with Gasteiger partial charge < -0.3 is 5.73 Å². The third kappa shape index (κ3) is 3.01. The number of benzene rings is 2. The van der Waals surface area contributed by atoms with Gasteiger partial charge in [-0.25, -0.2) is 4.39 Å². The van der Waals surface area contributed by atoms with Crippen molar-refractivity contribution in [2.24, 2.45) is 5.73 Å². The molecule has 0 spiro atoms. The minimum Gasteiger partial charge on any atom is -0.321 e. The van der Waals surface area contributed by atoms with Gasteiger partial charge in [-0.2, -0.15) is 0 Å². The third-order valence-corrected chi connectivity index (χ3v) is 4.52. The molecule has 2 aromatic rings. The van der Waals surface area contributed by atoms with E-state index in [1.165, 1.54) is 36.5 Å². The van der Waals surface area contributed by atoms with Gasteiger partial charge in [-0.3, -0.25) is 0 Å². The summed E-state index contributed by atoms with van der Waals surface area (Å²) in [6.45, 7) is 1.99. The molecule has 0 saturated carbocycles. The van der Waals surface area contributed by atoms with Gasteiger partial charge in [0, 0.05) is 5.54 Å². The summed E-state index contributed by atoms with van der Waals surface area (Å²) in [5, 5.41) is 0. The number of nitrogens with two attached hydrogens (primary N) is 1. The number of rotatable bonds is 3. The Morgan fingerprint density at radius 1 is 1.05 bits per heavy atom. The molecule has 0 aromatic heterocycles. The number of hydrogen-bond acceptors (Lipinski definition) is 1. The van der Waals surface area contributed by atoms with Crippen LogP contribution >= 0.6 is 0 Å². The molecular formula is C19H22FN. The second-order valence-corrected chi connectivity index (χ2v) is 6.38. The van der Waals surface area contributed by atoms with Crippen molar-refractivity contribution in [1.82, 2.24) is 0 Å². The third-order valence-electron chi connectivity index (χ3n) is 4.52. The molecule has 110 valence electrons. The standard InChI is InChI=1S/C19H22FN/c1-19(21,13-16-8-4-5-9-18(16)20)17-11-10-14-6-2-3-7-15(14)12-17/h4-5,8-12H,2-3,6-7,13,21H2,1H3. The highest BCUT2D eigenvalue weighted by Gasteiger charge is 2.24. The van der Waals surface area contributed by atoms with Crippen LogP contribution in [0.15, 0.2) is 42.5 Å². The quantitative estimate of drug-likeness (QED) is 0.901. The monoisotopic (exact) mass is 283 g/mol. The Balaban J connectivity index is 1.89. The molecular weight excluding hydrogens is 261 g/mol. The van der Waals surface area contributed by atoms with E-state index in [1.54, 1.807) is 6.07 Å². The first kappa shape index (κ1) is 14.3. The Bertz CT molecular complexity index is 646. The second kappa shape index (κ2) is 5.61. The molecule has 0 heterocycles. The number of aryl methyl sites for hydroxylation is 2. The molecule has 3 rings (SSSR count). The number of halogens is 1. The zero-order valence-electron chi connectivity index (χ0n) is 12.5. The maximum absolute atomic E-state index is 13.9. The zero-order valence-corrected chi connectivity index (χ0v) is 12.5. The predicted molar refractivity (Wildman–Crippen MR) is 84.7 cm³/mol. The van der Waals surface area contributed by atoms with E-state index in [4.69, 9.17) is 5.73 Å². The van der Waals surface area contributed by atoms with E-state index < -0.39 is 5.54 Å². The van der Waals surface area contributed by atoms with Crippen molar-refractivity contribution in [1.29, 1.82) is 0 Å². The van der Waals surface area contributed by atoms with Crippen molar-refractivity contribution in [2.45, 2.75) is 44.6 Å². The van der Waals surface area contributed by atoms with Crippen LogP contribution in [-0.2, 0) is 24.8 Å². The topological polar surface area (TPSA) is 26.0 Å². The summed E-state index contributed by atoms with van der Waals surface area (Å²) in [6.07, 6.45) is 5.36. The normalized spacial score (nSPS) is 17.1. The molecule has 0 bridgehead atoms. The summed E-state index contributed by atoms with van der Waals surface area (Å²) in [7, 11) is 0. The summed E-state index contributed by atoms with van der Waals surface area (Å²) in [4.78, 5) is 0. The average Bonchev–Trinajstić information content (AvgIpc) is 2.49. The molecule has 21 heavy (non-hydrogen) atoms. The first-order chi connectivity index (χ1) is 10.1. The Morgan fingerprint density at radius 3 is 2.52 bits per heavy atom. The number of hydrogen-bond donors (Lipinski definition) is 1. The molecule has 1 nitrogen and oxygen atoms in total. The van der Waals surface area contributed by atoms with Crippen molar-refractivity contribution in [3.63, 3.8) is 0 Å². The highest BCUT2D eigenvalue weighted by molar-refractivity contribution is 5.38. The molecule has 1 unspecified atom stereocenters. The van der Waals surface area contributed by atoms with Crippen LogP contribution in [0.1, 0.15) is 42.0 Å². The molecule has 0 amide bonds. The molecule has 2 N–H and O–H groups in total. The Morgan fingerprint density at radius 2 is 1.76 bits per heavy atom. The fourth-order valence-corrected chi connectivity index (χ4v) is 3.23. The lowest BCUT2D eigenvalue weighted by molar-refractivity contribution is 0.474. The minimum atomic E-state index is -0.547. The highest BCUT2D eigenvalue weighted by Crippen LogP contribution is 2.29. The first-order valence-electron chi connectivity index (χ1n) is 7.71. The predicted octanol–water partition coefficient (Wildman–Crippen LogP) is 4.12. The van der Waals surface area contributed by atoms with E-state index >= 15 is 0 Å². The SMILES string of the molecule is CC(N)(Cc1ccccc1F)c1ccc2c(c1)CCCC2. The molecule has 0 saturated heterocycles. The van der Waals surface area contributed by atoms with Gasteiger partial charge in [0.2, 0.25) is 0 Å².